The van der Waals surface area contributed by atoms with E-state index in [0.29, 0.717) is 42.2 Å². The van der Waals surface area contributed by atoms with Gasteiger partial charge in [-0.3, -0.25) is 5.01 Å². The summed E-state index contributed by atoms with van der Waals surface area (Å²) in [5, 5.41) is 6.22. The maximum atomic E-state index is 14.3. The number of fused-ring (bicyclic) bond motifs is 2. The average molecular weight is 358 g/mol. The molecule has 2 aliphatic rings. The van der Waals surface area contributed by atoms with E-state index in [1.165, 1.54) is 12.1 Å². The van der Waals surface area contributed by atoms with Crippen LogP contribution in [0.4, 0.5) is 13.2 Å². The minimum Gasteiger partial charge on any atom is -0.493 e. The molecule has 2 aromatic rings. The predicted octanol–water partition coefficient (Wildman–Crippen LogP) is 4.73. The van der Waals surface area contributed by atoms with Crippen LogP contribution >= 0.6 is 0 Å². The molecule has 134 valence electrons. The van der Waals surface area contributed by atoms with Crippen molar-refractivity contribution in [3.63, 3.8) is 0 Å². The molecule has 3 nitrogen and oxygen atoms in total. The Morgan fingerprint density at radius 3 is 2.65 bits per heavy atom. The van der Waals surface area contributed by atoms with Gasteiger partial charge in [0.15, 0.2) is 0 Å². The zero-order valence-corrected chi connectivity index (χ0v) is 14.2. The molecule has 1 atom stereocenters. The van der Waals surface area contributed by atoms with Gasteiger partial charge in [-0.05, 0) is 43.3 Å². The largest absolute Gasteiger partial charge is 0.493 e. The summed E-state index contributed by atoms with van der Waals surface area (Å²) >= 11 is 0. The zero-order valence-electron chi connectivity index (χ0n) is 14.2. The van der Waals surface area contributed by atoms with Crippen LogP contribution in [0, 0.1) is 17.5 Å². The SMILES string of the molecule is C=C(C)N1N=C(c2cc(F)ccc2F)CC12CCOc1ccc(F)cc12. The third-order valence-electron chi connectivity index (χ3n) is 4.90. The fraction of sp³-hybridized carbons (Fsp3) is 0.250. The highest BCUT2D eigenvalue weighted by atomic mass is 19.1. The number of rotatable bonds is 2. The van der Waals surface area contributed by atoms with Crippen molar-refractivity contribution in [2.24, 2.45) is 5.10 Å². The number of hydrogen-bond acceptors (Lipinski definition) is 3. The van der Waals surface area contributed by atoms with Crippen molar-refractivity contribution in [2.45, 2.75) is 25.3 Å². The van der Waals surface area contributed by atoms with Crippen molar-refractivity contribution >= 4 is 5.71 Å². The molecule has 2 aliphatic heterocycles. The summed E-state index contributed by atoms with van der Waals surface area (Å²) in [5.74, 6) is -0.901. The van der Waals surface area contributed by atoms with Crippen molar-refractivity contribution in [2.75, 3.05) is 6.61 Å². The van der Waals surface area contributed by atoms with Crippen LogP contribution in [0.5, 0.6) is 5.75 Å². The Bertz CT molecular complexity index is 941. The van der Waals surface area contributed by atoms with Gasteiger partial charge in [-0.2, -0.15) is 5.10 Å². The highest BCUT2D eigenvalue weighted by Crippen LogP contribution is 2.49. The van der Waals surface area contributed by atoms with Crippen LogP contribution in [0.2, 0.25) is 0 Å². The first kappa shape index (κ1) is 16.7. The van der Waals surface area contributed by atoms with Gasteiger partial charge in [-0.1, -0.05) is 6.58 Å². The van der Waals surface area contributed by atoms with E-state index in [9.17, 15) is 13.2 Å². The lowest BCUT2D eigenvalue weighted by atomic mass is 9.79. The molecule has 1 spiro atoms. The third kappa shape index (κ3) is 2.48. The van der Waals surface area contributed by atoms with Crippen LogP contribution in [0.3, 0.4) is 0 Å². The Balaban J connectivity index is 1.86. The smallest absolute Gasteiger partial charge is 0.132 e. The quantitative estimate of drug-likeness (QED) is 0.776. The van der Waals surface area contributed by atoms with Crippen molar-refractivity contribution in [1.82, 2.24) is 5.01 Å². The fourth-order valence-electron chi connectivity index (χ4n) is 3.78. The summed E-state index contributed by atoms with van der Waals surface area (Å²) in [6.45, 7) is 6.16. The highest BCUT2D eigenvalue weighted by molar-refractivity contribution is 6.02. The van der Waals surface area contributed by atoms with Gasteiger partial charge in [0, 0.05) is 29.7 Å². The van der Waals surface area contributed by atoms with Gasteiger partial charge < -0.3 is 4.74 Å². The molecule has 2 heterocycles. The van der Waals surface area contributed by atoms with Crippen LogP contribution < -0.4 is 4.74 Å². The number of benzene rings is 2. The summed E-state index contributed by atoms with van der Waals surface area (Å²) in [6.07, 6.45) is 0.834. The van der Waals surface area contributed by atoms with Crippen molar-refractivity contribution in [3.05, 3.63) is 77.3 Å². The Hall–Kier alpha value is -2.76. The molecule has 0 bridgehead atoms. The number of hydrazone groups is 1. The van der Waals surface area contributed by atoms with Crippen LogP contribution in [0.1, 0.15) is 30.9 Å². The third-order valence-corrected chi connectivity index (χ3v) is 4.90. The predicted molar refractivity (Wildman–Crippen MR) is 92.4 cm³/mol. The summed E-state index contributed by atoms with van der Waals surface area (Å²) in [6, 6.07) is 7.63. The molecule has 0 fully saturated rings. The van der Waals surface area contributed by atoms with Gasteiger partial charge in [0.05, 0.1) is 12.3 Å². The second-order valence-electron chi connectivity index (χ2n) is 6.67. The molecule has 0 aliphatic carbocycles. The number of nitrogens with zero attached hydrogens (tertiary/aromatic N) is 2. The molecule has 1 unspecified atom stereocenters. The van der Waals surface area contributed by atoms with Gasteiger partial charge in [0.1, 0.15) is 28.7 Å². The lowest BCUT2D eigenvalue weighted by Gasteiger charge is -2.42. The molecular weight excluding hydrogens is 341 g/mol. The number of allylic oxidation sites excluding steroid dienone is 1. The van der Waals surface area contributed by atoms with E-state index >= 15 is 0 Å². The zero-order chi connectivity index (χ0) is 18.5. The van der Waals surface area contributed by atoms with E-state index in [2.05, 4.69) is 11.7 Å². The molecule has 0 saturated heterocycles. The van der Waals surface area contributed by atoms with E-state index in [1.807, 2.05) is 0 Å². The fourth-order valence-corrected chi connectivity index (χ4v) is 3.78. The average Bonchev–Trinajstić information content (AvgIpc) is 2.98. The van der Waals surface area contributed by atoms with E-state index < -0.39 is 17.2 Å². The van der Waals surface area contributed by atoms with Gasteiger partial charge in [0.2, 0.25) is 0 Å². The Morgan fingerprint density at radius 1 is 1.15 bits per heavy atom. The molecule has 0 N–H and O–H groups in total. The van der Waals surface area contributed by atoms with Crippen molar-refractivity contribution in [1.29, 1.82) is 0 Å². The number of halogens is 3. The second-order valence-corrected chi connectivity index (χ2v) is 6.67. The first-order valence-electron chi connectivity index (χ1n) is 8.32. The van der Waals surface area contributed by atoms with Crippen molar-refractivity contribution < 1.29 is 17.9 Å². The molecule has 26 heavy (non-hydrogen) atoms. The van der Waals surface area contributed by atoms with Gasteiger partial charge >= 0.3 is 0 Å². The van der Waals surface area contributed by atoms with Crippen LogP contribution in [0.15, 0.2) is 53.8 Å². The van der Waals surface area contributed by atoms with E-state index in [-0.39, 0.29) is 11.4 Å². The molecule has 6 heteroatoms. The summed E-state index contributed by atoms with van der Waals surface area (Å²) in [4.78, 5) is 0. The van der Waals surface area contributed by atoms with Gasteiger partial charge in [-0.15, -0.1) is 0 Å². The topological polar surface area (TPSA) is 24.8 Å². The minimum absolute atomic E-state index is 0.109. The standard InChI is InChI=1S/C20H17F3N2O/c1-12(2)25-20(7-8-26-19-6-4-14(22)10-16(19)20)11-18(24-25)15-9-13(21)3-5-17(15)23/h3-6,9-10H,1,7-8,11H2,2H3. The molecule has 2 aromatic carbocycles. The molecule has 0 amide bonds. The van der Waals surface area contributed by atoms with Gasteiger partial charge in [-0.25, -0.2) is 13.2 Å². The summed E-state index contributed by atoms with van der Waals surface area (Å²) < 4.78 is 47.6. The lowest BCUT2D eigenvalue weighted by molar-refractivity contribution is 0.0958. The minimum atomic E-state index is -0.727. The second kappa shape index (κ2) is 5.90. The van der Waals surface area contributed by atoms with Crippen LogP contribution in [-0.4, -0.2) is 17.3 Å². The first-order valence-corrected chi connectivity index (χ1v) is 8.32. The number of ether oxygens (including phenoxy) is 1. The Morgan fingerprint density at radius 2 is 1.88 bits per heavy atom. The Kier molecular flexibility index (Phi) is 3.79. The molecule has 0 aromatic heterocycles. The molecular formula is C20H17F3N2O. The highest BCUT2D eigenvalue weighted by Gasteiger charge is 2.48. The van der Waals surface area contributed by atoms with Crippen LogP contribution in [0.25, 0.3) is 0 Å². The van der Waals surface area contributed by atoms with E-state index in [0.717, 1.165) is 18.2 Å². The molecule has 0 radical (unpaired) electrons. The maximum absolute atomic E-state index is 14.3. The lowest BCUT2D eigenvalue weighted by Crippen LogP contribution is -2.43. The monoisotopic (exact) mass is 358 g/mol. The van der Waals surface area contributed by atoms with Gasteiger partial charge in [0.25, 0.3) is 0 Å². The van der Waals surface area contributed by atoms with E-state index in [1.54, 1.807) is 18.0 Å². The van der Waals surface area contributed by atoms with Crippen LogP contribution in [-0.2, 0) is 5.54 Å². The molecule has 0 saturated carbocycles. The van der Waals surface area contributed by atoms with Crippen molar-refractivity contribution in [3.8, 4) is 5.75 Å². The first-order chi connectivity index (χ1) is 12.4. The number of hydrogen-bond donors (Lipinski definition) is 0. The summed E-state index contributed by atoms with van der Waals surface area (Å²) in [5.41, 5.74) is 1.06. The maximum Gasteiger partial charge on any atom is 0.132 e. The normalized spacial score (nSPS) is 21.4. The Labute approximate surface area is 149 Å². The van der Waals surface area contributed by atoms with E-state index in [4.69, 9.17) is 4.74 Å². The summed E-state index contributed by atoms with van der Waals surface area (Å²) in [7, 11) is 0. The molecule has 4 rings (SSSR count).